The molecule has 1 fully saturated rings. The van der Waals surface area contributed by atoms with Gasteiger partial charge in [0.15, 0.2) is 0 Å². The van der Waals surface area contributed by atoms with Crippen molar-refractivity contribution >= 4 is 5.69 Å². The average molecular weight is 273 g/mol. The third kappa shape index (κ3) is 2.66. The molecule has 0 amide bonds. The van der Waals surface area contributed by atoms with Gasteiger partial charge >= 0.3 is 6.18 Å². The molecule has 2 nitrogen and oxygen atoms in total. The second-order valence-electron chi connectivity index (χ2n) is 4.48. The molecule has 1 aliphatic rings. The van der Waals surface area contributed by atoms with Crippen LogP contribution in [0.4, 0.5) is 23.2 Å². The van der Waals surface area contributed by atoms with E-state index in [0.717, 1.165) is 12.1 Å². The van der Waals surface area contributed by atoms with E-state index >= 15 is 0 Å². The second kappa shape index (κ2) is 4.42. The van der Waals surface area contributed by atoms with Crippen LogP contribution < -0.4 is 5.73 Å². The SMILES string of the molecule is Nc1ccc(F)cc1C(O)(C#CC1CC1)C(F)(F)F. The summed E-state index contributed by atoms with van der Waals surface area (Å²) in [6, 6.07) is 2.45. The highest BCUT2D eigenvalue weighted by Gasteiger charge is 2.55. The van der Waals surface area contributed by atoms with Crippen LogP contribution >= 0.6 is 0 Å². The lowest BCUT2D eigenvalue weighted by atomic mass is 9.91. The normalized spacial score (nSPS) is 18.4. The molecular formula is C13H11F4NO. The summed E-state index contributed by atoms with van der Waals surface area (Å²) in [4.78, 5) is 0. The zero-order chi connectivity index (χ0) is 14.3. The molecule has 1 saturated carbocycles. The van der Waals surface area contributed by atoms with Crippen molar-refractivity contribution in [2.45, 2.75) is 24.6 Å². The molecule has 1 atom stereocenters. The lowest BCUT2D eigenvalue weighted by Gasteiger charge is -2.26. The predicted octanol–water partition coefficient (Wildman–Crippen LogP) is 2.57. The molecule has 0 saturated heterocycles. The van der Waals surface area contributed by atoms with Gasteiger partial charge in [0.05, 0.1) is 0 Å². The fourth-order valence-electron chi connectivity index (χ4n) is 1.57. The summed E-state index contributed by atoms with van der Waals surface area (Å²) >= 11 is 0. The molecule has 0 heterocycles. The lowest BCUT2D eigenvalue weighted by molar-refractivity contribution is -0.240. The largest absolute Gasteiger partial charge is 0.433 e. The van der Waals surface area contributed by atoms with Gasteiger partial charge in [-0.25, -0.2) is 4.39 Å². The lowest BCUT2D eigenvalue weighted by Crippen LogP contribution is -2.41. The number of benzene rings is 1. The van der Waals surface area contributed by atoms with Crippen LogP contribution in [-0.4, -0.2) is 11.3 Å². The monoisotopic (exact) mass is 273 g/mol. The number of hydrogen-bond acceptors (Lipinski definition) is 2. The molecule has 1 aliphatic carbocycles. The molecule has 102 valence electrons. The van der Waals surface area contributed by atoms with Gasteiger partial charge in [-0.1, -0.05) is 11.8 Å². The Bertz CT molecular complexity index is 554. The average Bonchev–Trinajstić information content (AvgIpc) is 3.11. The fraction of sp³-hybridized carbons (Fsp3) is 0.385. The molecule has 2 rings (SSSR count). The number of nitrogen functional groups attached to an aromatic ring is 1. The maximum Gasteiger partial charge on any atom is 0.433 e. The minimum Gasteiger partial charge on any atom is -0.398 e. The van der Waals surface area contributed by atoms with Crippen molar-refractivity contribution in [3.05, 3.63) is 29.6 Å². The van der Waals surface area contributed by atoms with Crippen molar-refractivity contribution in [2.24, 2.45) is 5.92 Å². The minimum absolute atomic E-state index is 0.136. The van der Waals surface area contributed by atoms with Crippen LogP contribution in [0, 0.1) is 23.6 Å². The Labute approximate surface area is 107 Å². The first kappa shape index (κ1) is 13.7. The summed E-state index contributed by atoms with van der Waals surface area (Å²) in [5.74, 6) is 3.12. The Kier molecular flexibility index (Phi) is 3.19. The van der Waals surface area contributed by atoms with Gasteiger partial charge < -0.3 is 10.8 Å². The maximum atomic E-state index is 13.1. The number of nitrogens with two attached hydrogens (primary N) is 1. The Morgan fingerprint density at radius 1 is 1.26 bits per heavy atom. The summed E-state index contributed by atoms with van der Waals surface area (Å²) in [6.07, 6.45) is -3.64. The zero-order valence-corrected chi connectivity index (χ0v) is 9.76. The van der Waals surface area contributed by atoms with E-state index in [2.05, 4.69) is 5.92 Å². The summed E-state index contributed by atoms with van der Waals surface area (Å²) < 4.78 is 52.2. The molecule has 0 radical (unpaired) electrons. The Morgan fingerprint density at radius 2 is 1.89 bits per heavy atom. The Balaban J connectivity index is 2.54. The number of aliphatic hydroxyl groups is 1. The number of halogens is 4. The van der Waals surface area contributed by atoms with Gasteiger partial charge in [0.25, 0.3) is 0 Å². The molecule has 3 N–H and O–H groups in total. The summed E-state index contributed by atoms with van der Waals surface area (Å²) in [5, 5.41) is 9.86. The quantitative estimate of drug-likeness (QED) is 0.469. The Morgan fingerprint density at radius 3 is 2.42 bits per heavy atom. The van der Waals surface area contributed by atoms with E-state index in [4.69, 9.17) is 5.73 Å². The minimum atomic E-state index is -5.06. The summed E-state index contributed by atoms with van der Waals surface area (Å²) in [6.45, 7) is 0. The van der Waals surface area contributed by atoms with E-state index < -0.39 is 23.2 Å². The maximum absolute atomic E-state index is 13.1. The second-order valence-corrected chi connectivity index (χ2v) is 4.48. The summed E-state index contributed by atoms with van der Waals surface area (Å²) in [7, 11) is 0. The molecule has 0 aromatic heterocycles. The molecule has 1 aromatic carbocycles. The van der Waals surface area contributed by atoms with Crippen LogP contribution in [0.1, 0.15) is 18.4 Å². The van der Waals surface area contributed by atoms with Crippen molar-refractivity contribution in [1.82, 2.24) is 0 Å². The standard InChI is InChI=1S/C13H11F4NO/c14-9-3-4-11(18)10(7-9)12(19,13(15,16)17)6-5-8-1-2-8/h3-4,7-8,19H,1-2,18H2. The third-order valence-electron chi connectivity index (χ3n) is 2.85. The third-order valence-corrected chi connectivity index (χ3v) is 2.85. The Hall–Kier alpha value is -1.74. The highest BCUT2D eigenvalue weighted by molar-refractivity contribution is 5.54. The van der Waals surface area contributed by atoms with Crippen molar-refractivity contribution in [3.63, 3.8) is 0 Å². The number of anilines is 1. The van der Waals surface area contributed by atoms with Gasteiger partial charge in [0.2, 0.25) is 5.60 Å². The first-order valence-electron chi connectivity index (χ1n) is 5.61. The van der Waals surface area contributed by atoms with Crippen LogP contribution in [0.2, 0.25) is 0 Å². The van der Waals surface area contributed by atoms with Crippen LogP contribution in [0.3, 0.4) is 0 Å². The molecule has 6 heteroatoms. The van der Waals surface area contributed by atoms with Crippen LogP contribution in [-0.2, 0) is 5.60 Å². The highest BCUT2D eigenvalue weighted by Crippen LogP contribution is 2.41. The number of alkyl halides is 3. The van der Waals surface area contributed by atoms with Crippen LogP contribution in [0.15, 0.2) is 18.2 Å². The van der Waals surface area contributed by atoms with E-state index in [9.17, 15) is 22.7 Å². The van der Waals surface area contributed by atoms with E-state index in [1.165, 1.54) is 0 Å². The predicted molar refractivity (Wildman–Crippen MR) is 61.3 cm³/mol. The molecule has 1 aromatic rings. The topological polar surface area (TPSA) is 46.2 Å². The van der Waals surface area contributed by atoms with Crippen molar-refractivity contribution in [1.29, 1.82) is 0 Å². The van der Waals surface area contributed by atoms with Crippen molar-refractivity contribution < 1.29 is 22.7 Å². The van der Waals surface area contributed by atoms with Gasteiger partial charge in [-0.15, -0.1) is 0 Å². The van der Waals surface area contributed by atoms with Gasteiger partial charge in [-0.05, 0) is 31.0 Å². The molecule has 0 aliphatic heterocycles. The van der Waals surface area contributed by atoms with Crippen molar-refractivity contribution in [2.75, 3.05) is 5.73 Å². The first-order chi connectivity index (χ1) is 8.74. The van der Waals surface area contributed by atoms with E-state index in [1.807, 2.05) is 5.92 Å². The molecular weight excluding hydrogens is 262 g/mol. The van der Waals surface area contributed by atoms with Gasteiger partial charge in [0, 0.05) is 17.2 Å². The highest BCUT2D eigenvalue weighted by atomic mass is 19.4. The van der Waals surface area contributed by atoms with E-state index in [1.54, 1.807) is 0 Å². The molecule has 0 spiro atoms. The number of hydrogen-bond donors (Lipinski definition) is 2. The molecule has 19 heavy (non-hydrogen) atoms. The van der Waals surface area contributed by atoms with Gasteiger partial charge in [0.1, 0.15) is 5.82 Å². The van der Waals surface area contributed by atoms with Crippen molar-refractivity contribution in [3.8, 4) is 11.8 Å². The van der Waals surface area contributed by atoms with Gasteiger partial charge in [-0.2, -0.15) is 13.2 Å². The summed E-state index contributed by atoms with van der Waals surface area (Å²) in [5.41, 5.74) is 0.832. The first-order valence-corrected chi connectivity index (χ1v) is 5.61. The molecule has 1 unspecified atom stereocenters. The van der Waals surface area contributed by atoms with Gasteiger partial charge in [-0.3, -0.25) is 0 Å². The van der Waals surface area contributed by atoms with Crippen LogP contribution in [0.25, 0.3) is 0 Å². The van der Waals surface area contributed by atoms with Crippen LogP contribution in [0.5, 0.6) is 0 Å². The smallest absolute Gasteiger partial charge is 0.398 e. The van der Waals surface area contributed by atoms with E-state index in [-0.39, 0.29) is 11.6 Å². The number of rotatable bonds is 1. The van der Waals surface area contributed by atoms with E-state index in [0.29, 0.717) is 18.9 Å². The fourth-order valence-corrected chi connectivity index (χ4v) is 1.57. The zero-order valence-electron chi connectivity index (χ0n) is 9.76. The molecule has 0 bridgehead atoms.